The first-order chi connectivity index (χ1) is 67.4. The van der Waals surface area contributed by atoms with Gasteiger partial charge in [0, 0.05) is 87.6 Å². The molecule has 0 unspecified atom stereocenters. The highest BCUT2D eigenvalue weighted by atomic mass is 15.2. The van der Waals surface area contributed by atoms with Crippen LogP contribution >= 0.6 is 0 Å². The molecule has 0 saturated carbocycles. The first kappa shape index (κ1) is 79.5. The van der Waals surface area contributed by atoms with Crippen molar-refractivity contribution in [2.24, 2.45) is 0 Å². The number of hydrogen-bond acceptors (Lipinski definition) is 10. The Bertz CT molecular complexity index is 7760. The number of hydrogen-bond donors (Lipinski definition) is 0. The fourth-order valence-corrected chi connectivity index (χ4v) is 19.1. The molecule has 0 aliphatic rings. The van der Waals surface area contributed by atoms with Crippen LogP contribution < -0.4 is 0 Å². The maximum Gasteiger partial charge on any atom is 0.238 e. The van der Waals surface area contributed by atoms with Gasteiger partial charge in [-0.05, 0) is 129 Å². The summed E-state index contributed by atoms with van der Waals surface area (Å²) in [5.74, 6) is 4.92. The highest BCUT2D eigenvalue weighted by Crippen LogP contribution is 2.43. The topological polar surface area (TPSA) is 149 Å². The van der Waals surface area contributed by atoms with Gasteiger partial charge in [-0.3, -0.25) is 18.3 Å². The SMILES string of the molecule is c1ccc(-c2cc(-c3ccccc3)nc(-n3c4ccccc4c4cc(-c5ccc(-c6ccc7c(c6)c6ccccc6n7-c6nc(-c7ccccc7)cc(-c7ccccc7)n6)cc5)ccc43)n2)cc1.c1ccc(-c2nc(-c3ccccc3)nc(-n3c4ccccc4c4cc(-c5ccc(-c6ccc7c(c6)c6ccccc6n7-c6nc(-c7ccccc7)nc(-c7ccccc7)n6)cc5)ccc43)n2)cc1. The standard InChI is InChI=1S/C62H40N6.C60H38N8/c1-5-17-43(18-6-1)53-39-54(44-19-7-2-8-20-44)64-61(63-53)67-57-27-15-13-25-49(57)51-37-47(33-35-59(51)67)41-29-31-42(32-30-41)48-34-36-60-52(38-48)50-26-14-16-28-58(50)68(60)62-65-55(45-21-9-3-10-22-45)40-56(66-62)46-23-11-4-12-24-46;1-5-17-41(18-6-1)55-61-56(42-19-7-2-8-20-42)64-59(63-55)67-51-27-15-13-25-47(51)49-37-45(33-35-53(49)67)39-29-31-40(32-30-39)46-34-36-54-50(38-46)48-26-14-16-28-52(48)68(54)60-65-57(43-21-9-3-10-22-43)62-58(66-60)44-23-11-4-12-24-44/h1-40H;1-38H. The van der Waals surface area contributed by atoms with E-state index in [1.54, 1.807) is 0 Å². The molecule has 0 atom stereocenters. The minimum atomic E-state index is 0.572. The lowest BCUT2D eigenvalue weighted by Crippen LogP contribution is -2.06. The van der Waals surface area contributed by atoms with E-state index in [1.807, 2.05) is 146 Å². The molecule has 0 amide bonds. The lowest BCUT2D eigenvalue weighted by atomic mass is 9.98. The van der Waals surface area contributed by atoms with Gasteiger partial charge in [-0.15, -0.1) is 0 Å². The van der Waals surface area contributed by atoms with Crippen LogP contribution in [0.2, 0.25) is 0 Å². The highest BCUT2D eigenvalue weighted by Gasteiger charge is 2.25. The summed E-state index contributed by atoms with van der Waals surface area (Å²) >= 11 is 0. The predicted molar refractivity (Wildman–Crippen MR) is 553 cm³/mol. The van der Waals surface area contributed by atoms with Gasteiger partial charge in [-0.1, -0.05) is 388 Å². The molecule has 0 radical (unpaired) electrons. The molecule has 18 aromatic carbocycles. The van der Waals surface area contributed by atoms with Crippen LogP contribution in [0.5, 0.6) is 0 Å². The van der Waals surface area contributed by atoms with Crippen LogP contribution in [0.3, 0.4) is 0 Å². The minimum absolute atomic E-state index is 0.572. The van der Waals surface area contributed by atoms with Crippen molar-refractivity contribution in [3.8, 4) is 159 Å². The molecule has 136 heavy (non-hydrogen) atoms. The number of benzene rings is 18. The Morgan fingerprint density at radius 3 is 0.493 bits per heavy atom. The zero-order chi connectivity index (χ0) is 89.9. The van der Waals surface area contributed by atoms with Crippen LogP contribution in [0.25, 0.3) is 246 Å². The Kier molecular flexibility index (Phi) is 19.9. The van der Waals surface area contributed by atoms with Crippen LogP contribution in [0, 0.1) is 0 Å². The van der Waals surface area contributed by atoms with Gasteiger partial charge in [0.15, 0.2) is 23.3 Å². The van der Waals surface area contributed by atoms with Crippen molar-refractivity contribution < 1.29 is 0 Å². The second-order valence-corrected chi connectivity index (χ2v) is 33.9. The summed E-state index contributed by atoms with van der Waals surface area (Å²) in [5, 5.41) is 9.09. The van der Waals surface area contributed by atoms with Gasteiger partial charge < -0.3 is 0 Å². The Balaban J connectivity index is 0.000000145. The first-order valence-electron chi connectivity index (χ1n) is 45.5. The zero-order valence-corrected chi connectivity index (χ0v) is 73.3. The minimum Gasteiger partial charge on any atom is -0.278 e. The van der Waals surface area contributed by atoms with Crippen molar-refractivity contribution in [2.45, 2.75) is 0 Å². The van der Waals surface area contributed by atoms with Crippen molar-refractivity contribution in [1.82, 2.24) is 68.1 Å². The van der Waals surface area contributed by atoms with Crippen LogP contribution in [-0.4, -0.2) is 68.1 Å². The molecule has 26 rings (SSSR count). The molecule has 0 N–H and O–H groups in total. The Morgan fingerprint density at radius 1 is 0.110 bits per heavy atom. The molecular weight excluding hydrogens is 1660 g/mol. The fraction of sp³-hybridized carbons (Fsp3) is 0. The summed E-state index contributed by atoms with van der Waals surface area (Å²) in [7, 11) is 0. The maximum atomic E-state index is 5.22. The van der Waals surface area contributed by atoms with Gasteiger partial charge in [0.1, 0.15) is 0 Å². The monoisotopic (exact) mass is 1740 g/mol. The Hall–Kier alpha value is -18.7. The third-order valence-corrected chi connectivity index (χ3v) is 25.7. The molecule has 0 saturated heterocycles. The van der Waals surface area contributed by atoms with Crippen molar-refractivity contribution in [3.63, 3.8) is 0 Å². The second kappa shape index (κ2) is 34.0. The lowest BCUT2D eigenvalue weighted by Gasteiger charge is -2.12. The normalized spacial score (nSPS) is 11.5. The van der Waals surface area contributed by atoms with Crippen LogP contribution in [0.4, 0.5) is 0 Å². The van der Waals surface area contributed by atoms with Crippen molar-refractivity contribution in [1.29, 1.82) is 0 Å². The van der Waals surface area contributed by atoms with Crippen LogP contribution in [-0.2, 0) is 0 Å². The van der Waals surface area contributed by atoms with E-state index in [4.69, 9.17) is 49.8 Å². The highest BCUT2D eigenvalue weighted by molar-refractivity contribution is 6.14. The van der Waals surface area contributed by atoms with Gasteiger partial charge in [-0.25, -0.2) is 29.9 Å². The summed E-state index contributed by atoms with van der Waals surface area (Å²) < 4.78 is 8.74. The fourth-order valence-electron chi connectivity index (χ4n) is 19.1. The predicted octanol–water partition coefficient (Wildman–Crippen LogP) is 29.7. The second-order valence-electron chi connectivity index (χ2n) is 33.9. The number of fused-ring (bicyclic) bond motifs is 12. The molecule has 0 fully saturated rings. The van der Waals surface area contributed by atoms with E-state index in [0.717, 1.165) is 199 Å². The van der Waals surface area contributed by atoms with Crippen LogP contribution in [0.15, 0.2) is 473 Å². The molecule has 0 spiro atoms. The van der Waals surface area contributed by atoms with Crippen molar-refractivity contribution in [2.75, 3.05) is 0 Å². The van der Waals surface area contributed by atoms with Crippen molar-refractivity contribution in [3.05, 3.63) is 473 Å². The number of nitrogens with zero attached hydrogens (tertiary/aromatic N) is 14. The first-order valence-corrected chi connectivity index (χ1v) is 45.5. The number of rotatable bonds is 16. The van der Waals surface area contributed by atoms with Gasteiger partial charge in [0.2, 0.25) is 23.8 Å². The zero-order valence-electron chi connectivity index (χ0n) is 73.3. The molecule has 0 bridgehead atoms. The third-order valence-electron chi connectivity index (χ3n) is 25.7. The smallest absolute Gasteiger partial charge is 0.238 e. The molecule has 8 aromatic heterocycles. The quantitative estimate of drug-likeness (QED) is 0.0915. The Morgan fingerprint density at radius 2 is 0.279 bits per heavy atom. The lowest BCUT2D eigenvalue weighted by molar-refractivity contribution is 0.953. The van der Waals surface area contributed by atoms with E-state index in [2.05, 4.69) is 346 Å². The molecule has 0 aliphatic heterocycles. The summed E-state index contributed by atoms with van der Waals surface area (Å²) in [5.41, 5.74) is 28.8. The summed E-state index contributed by atoms with van der Waals surface area (Å²) in [4.78, 5) is 51.2. The molecule has 14 nitrogen and oxygen atoms in total. The Labute approximate surface area is 782 Å². The van der Waals surface area contributed by atoms with E-state index >= 15 is 0 Å². The average Bonchev–Trinajstić information content (AvgIpc) is 1.60. The molecule has 14 heteroatoms. The summed E-state index contributed by atoms with van der Waals surface area (Å²) in [6, 6.07) is 165. The molecule has 636 valence electrons. The molecule has 26 aromatic rings. The van der Waals surface area contributed by atoms with E-state index < -0.39 is 0 Å². The van der Waals surface area contributed by atoms with E-state index in [-0.39, 0.29) is 0 Å². The van der Waals surface area contributed by atoms with Gasteiger partial charge in [0.25, 0.3) is 0 Å². The van der Waals surface area contributed by atoms with Crippen molar-refractivity contribution >= 4 is 87.2 Å². The van der Waals surface area contributed by atoms with Gasteiger partial charge in [0.05, 0.1) is 66.9 Å². The average molecular weight is 1740 g/mol. The number of aromatic nitrogens is 14. The van der Waals surface area contributed by atoms with Gasteiger partial charge in [-0.2, -0.15) is 19.9 Å². The largest absolute Gasteiger partial charge is 0.278 e. The third kappa shape index (κ3) is 14.6. The molecular formula is C122H78N14. The van der Waals surface area contributed by atoms with E-state index in [0.29, 0.717) is 47.1 Å². The summed E-state index contributed by atoms with van der Waals surface area (Å²) in [6.07, 6.45) is 0. The van der Waals surface area contributed by atoms with E-state index in [9.17, 15) is 0 Å². The molecule has 0 aliphatic carbocycles. The number of para-hydroxylation sites is 4. The maximum absolute atomic E-state index is 5.22. The van der Waals surface area contributed by atoms with Crippen LogP contribution in [0.1, 0.15) is 0 Å². The van der Waals surface area contributed by atoms with E-state index in [1.165, 1.54) is 0 Å². The molecule has 8 heterocycles. The summed E-state index contributed by atoms with van der Waals surface area (Å²) in [6.45, 7) is 0. The van der Waals surface area contributed by atoms with Gasteiger partial charge >= 0.3 is 0 Å².